The van der Waals surface area contributed by atoms with Gasteiger partial charge in [0, 0.05) is 0 Å². The van der Waals surface area contributed by atoms with Crippen LogP contribution < -0.4 is 9.46 Å². The van der Waals surface area contributed by atoms with Gasteiger partial charge in [-0.2, -0.15) is 0 Å². The van der Waals surface area contributed by atoms with Crippen molar-refractivity contribution in [1.29, 1.82) is 0 Å². The fourth-order valence-electron chi connectivity index (χ4n) is 2.64. The largest absolute Gasteiger partial charge is 0.496 e. The molecule has 6 nitrogen and oxygen atoms in total. The second-order valence-corrected chi connectivity index (χ2v) is 8.36. The van der Waals surface area contributed by atoms with Crippen molar-refractivity contribution in [2.24, 2.45) is 0 Å². The van der Waals surface area contributed by atoms with E-state index in [9.17, 15) is 13.2 Å². The monoisotopic (exact) mass is 411 g/mol. The fraction of sp³-hybridized carbons (Fsp3) is 0.316. The maximum absolute atomic E-state index is 13.0. The highest BCUT2D eigenvalue weighted by atomic mass is 35.5. The van der Waals surface area contributed by atoms with Crippen molar-refractivity contribution in [2.45, 2.75) is 31.6 Å². The molecular weight excluding hydrogens is 390 g/mol. The van der Waals surface area contributed by atoms with E-state index >= 15 is 0 Å². The molecular formula is C19H22ClNO5S. The average molecular weight is 412 g/mol. The number of carbonyl (C=O) groups is 1. The first-order valence-corrected chi connectivity index (χ1v) is 10.1. The van der Waals surface area contributed by atoms with Gasteiger partial charge in [0.1, 0.15) is 5.75 Å². The predicted octanol–water partition coefficient (Wildman–Crippen LogP) is 4.37. The number of hydrogen-bond donors (Lipinski definition) is 1. The molecule has 0 aliphatic heterocycles. The van der Waals surface area contributed by atoms with Crippen LogP contribution in [0.5, 0.6) is 5.75 Å². The first-order chi connectivity index (χ1) is 12.6. The molecule has 0 aromatic heterocycles. The molecule has 0 spiro atoms. The molecule has 0 heterocycles. The highest BCUT2D eigenvalue weighted by molar-refractivity contribution is 7.92. The fourth-order valence-corrected chi connectivity index (χ4v) is 4.20. The molecule has 0 bridgehead atoms. The van der Waals surface area contributed by atoms with Crippen molar-refractivity contribution < 1.29 is 22.7 Å². The average Bonchev–Trinajstić information content (AvgIpc) is 2.61. The van der Waals surface area contributed by atoms with Crippen LogP contribution in [0.15, 0.2) is 35.2 Å². The van der Waals surface area contributed by atoms with Gasteiger partial charge in [-0.25, -0.2) is 13.2 Å². The predicted molar refractivity (Wildman–Crippen MR) is 105 cm³/mol. The van der Waals surface area contributed by atoms with Crippen LogP contribution in [0.25, 0.3) is 0 Å². The van der Waals surface area contributed by atoms with Gasteiger partial charge in [-0.1, -0.05) is 25.4 Å². The van der Waals surface area contributed by atoms with Crippen molar-refractivity contribution in [2.75, 3.05) is 18.9 Å². The van der Waals surface area contributed by atoms with E-state index in [1.165, 1.54) is 25.3 Å². The van der Waals surface area contributed by atoms with Gasteiger partial charge in [-0.3, -0.25) is 4.72 Å². The van der Waals surface area contributed by atoms with E-state index in [0.29, 0.717) is 11.3 Å². The summed E-state index contributed by atoms with van der Waals surface area (Å²) in [4.78, 5) is 11.8. The lowest BCUT2D eigenvalue weighted by Gasteiger charge is -2.17. The Morgan fingerprint density at radius 1 is 1.15 bits per heavy atom. The maximum Gasteiger partial charge on any atom is 0.337 e. The quantitative estimate of drug-likeness (QED) is 0.714. The molecule has 2 aromatic rings. The summed E-state index contributed by atoms with van der Waals surface area (Å²) in [6.45, 7) is 5.59. The number of carbonyl (C=O) groups excluding carboxylic acids is 1. The topological polar surface area (TPSA) is 81.7 Å². The minimum atomic E-state index is -3.94. The Hall–Kier alpha value is -2.25. The molecule has 0 fully saturated rings. The van der Waals surface area contributed by atoms with Crippen LogP contribution >= 0.6 is 11.6 Å². The second-order valence-electron chi connectivity index (χ2n) is 6.31. The highest BCUT2D eigenvalue weighted by Gasteiger charge is 2.22. The number of rotatable bonds is 6. The minimum Gasteiger partial charge on any atom is -0.496 e. The van der Waals surface area contributed by atoms with Crippen LogP contribution in [0.2, 0.25) is 5.02 Å². The summed E-state index contributed by atoms with van der Waals surface area (Å²) in [6.07, 6.45) is 0. The molecule has 8 heteroatoms. The van der Waals surface area contributed by atoms with Gasteiger partial charge in [0.2, 0.25) is 0 Å². The zero-order chi connectivity index (χ0) is 20.4. The molecule has 146 valence electrons. The van der Waals surface area contributed by atoms with Crippen molar-refractivity contribution in [3.63, 3.8) is 0 Å². The van der Waals surface area contributed by atoms with Crippen LogP contribution in [-0.4, -0.2) is 28.6 Å². The number of aryl methyl sites for hydroxylation is 1. The number of hydrogen-bond acceptors (Lipinski definition) is 5. The number of methoxy groups -OCH3 is 2. The molecule has 0 aliphatic rings. The van der Waals surface area contributed by atoms with Gasteiger partial charge in [0.15, 0.2) is 0 Å². The molecule has 0 saturated heterocycles. The molecule has 0 amide bonds. The normalized spacial score (nSPS) is 11.4. The minimum absolute atomic E-state index is 0.0701. The zero-order valence-electron chi connectivity index (χ0n) is 15.8. The van der Waals surface area contributed by atoms with Gasteiger partial charge in [0.25, 0.3) is 10.0 Å². The van der Waals surface area contributed by atoms with Crippen LogP contribution in [0.3, 0.4) is 0 Å². The van der Waals surface area contributed by atoms with E-state index in [4.69, 9.17) is 16.3 Å². The van der Waals surface area contributed by atoms with Crippen molar-refractivity contribution in [3.05, 3.63) is 52.0 Å². The smallest absolute Gasteiger partial charge is 0.337 e. The van der Waals surface area contributed by atoms with E-state index in [2.05, 4.69) is 9.46 Å². The SMILES string of the molecule is COC(=O)c1ccc(Cl)c(NS(=O)(=O)c2cc(C(C)C)c(OC)cc2C)c1. The van der Waals surface area contributed by atoms with Crippen LogP contribution in [0.4, 0.5) is 5.69 Å². The standard InChI is InChI=1S/C19H22ClNO5S/c1-11(2)14-10-18(12(3)8-17(14)25-4)27(23,24)21-16-9-13(19(22)26-5)6-7-15(16)20/h6-11,21H,1-5H3. The van der Waals surface area contributed by atoms with Crippen molar-refractivity contribution in [3.8, 4) is 5.75 Å². The Labute approximate surface area is 164 Å². The van der Waals surface area contributed by atoms with Gasteiger partial charge in [-0.15, -0.1) is 0 Å². The molecule has 0 saturated carbocycles. The summed E-state index contributed by atoms with van der Waals surface area (Å²) < 4.78 is 38.4. The third kappa shape index (κ3) is 4.54. The number of halogens is 1. The lowest BCUT2D eigenvalue weighted by atomic mass is 10.0. The van der Waals surface area contributed by atoms with Crippen LogP contribution in [0.1, 0.15) is 41.3 Å². The van der Waals surface area contributed by atoms with Gasteiger partial charge in [0.05, 0.1) is 35.4 Å². The molecule has 2 aromatic carbocycles. The Morgan fingerprint density at radius 2 is 1.81 bits per heavy atom. The summed E-state index contributed by atoms with van der Waals surface area (Å²) in [5.41, 5.74) is 1.59. The first-order valence-electron chi connectivity index (χ1n) is 8.20. The van der Waals surface area contributed by atoms with Crippen LogP contribution in [0, 0.1) is 6.92 Å². The van der Waals surface area contributed by atoms with Gasteiger partial charge < -0.3 is 9.47 Å². The van der Waals surface area contributed by atoms with Gasteiger partial charge >= 0.3 is 5.97 Å². The number of sulfonamides is 1. The molecule has 0 radical (unpaired) electrons. The lowest BCUT2D eigenvalue weighted by molar-refractivity contribution is 0.0601. The zero-order valence-corrected chi connectivity index (χ0v) is 17.4. The summed E-state index contributed by atoms with van der Waals surface area (Å²) >= 11 is 6.11. The van der Waals surface area contributed by atoms with E-state index in [0.717, 1.165) is 5.56 Å². The third-order valence-electron chi connectivity index (χ3n) is 4.07. The number of esters is 1. The Morgan fingerprint density at radius 3 is 2.37 bits per heavy atom. The maximum atomic E-state index is 13.0. The second kappa shape index (κ2) is 8.19. The third-order valence-corrected chi connectivity index (χ3v) is 5.91. The van der Waals surface area contributed by atoms with E-state index in [1.54, 1.807) is 26.2 Å². The van der Waals surface area contributed by atoms with Crippen molar-refractivity contribution >= 4 is 33.3 Å². The Kier molecular flexibility index (Phi) is 6.38. The summed E-state index contributed by atoms with van der Waals surface area (Å²) in [5, 5.41) is 0.168. The van der Waals surface area contributed by atoms with E-state index < -0.39 is 16.0 Å². The Bertz CT molecular complexity index is 970. The van der Waals surface area contributed by atoms with E-state index in [-0.39, 0.29) is 27.1 Å². The van der Waals surface area contributed by atoms with Crippen molar-refractivity contribution in [1.82, 2.24) is 0 Å². The van der Waals surface area contributed by atoms with E-state index in [1.807, 2.05) is 13.8 Å². The van der Waals surface area contributed by atoms with Gasteiger partial charge in [-0.05, 0) is 54.3 Å². The molecule has 27 heavy (non-hydrogen) atoms. The highest BCUT2D eigenvalue weighted by Crippen LogP contribution is 2.33. The Balaban J connectivity index is 2.52. The number of ether oxygens (including phenoxy) is 2. The van der Waals surface area contributed by atoms with Crippen LogP contribution in [-0.2, 0) is 14.8 Å². The summed E-state index contributed by atoms with van der Waals surface area (Å²) in [5.74, 6) is 0.114. The lowest BCUT2D eigenvalue weighted by Crippen LogP contribution is -2.16. The molecule has 0 aliphatic carbocycles. The molecule has 2 rings (SSSR count). The molecule has 0 atom stereocenters. The number of anilines is 1. The number of nitrogens with one attached hydrogen (secondary N) is 1. The summed E-state index contributed by atoms with van der Waals surface area (Å²) in [7, 11) is -1.15. The summed E-state index contributed by atoms with van der Waals surface area (Å²) in [6, 6.07) is 7.52. The molecule has 0 unspecified atom stereocenters. The first kappa shape index (κ1) is 21.1. The number of benzene rings is 2. The molecule has 1 N–H and O–H groups in total.